The molecule has 0 bridgehead atoms. The van der Waals surface area contributed by atoms with Gasteiger partial charge in [0, 0.05) is 25.1 Å². The largest absolute Gasteiger partial charge is 0.507 e. The van der Waals surface area contributed by atoms with E-state index in [2.05, 4.69) is 4.99 Å². The van der Waals surface area contributed by atoms with E-state index < -0.39 is 0 Å². The van der Waals surface area contributed by atoms with Crippen molar-refractivity contribution in [1.82, 2.24) is 0 Å². The van der Waals surface area contributed by atoms with Gasteiger partial charge < -0.3 is 9.84 Å². The van der Waals surface area contributed by atoms with Crippen molar-refractivity contribution in [3.05, 3.63) is 29.8 Å². The zero-order valence-corrected chi connectivity index (χ0v) is 11.0. The zero-order chi connectivity index (χ0) is 13.6. The molecule has 18 heavy (non-hydrogen) atoms. The molecule has 1 rings (SSSR count). The molecule has 1 aromatic carbocycles. The van der Waals surface area contributed by atoms with Crippen LogP contribution in [0.15, 0.2) is 29.3 Å². The van der Waals surface area contributed by atoms with Crippen LogP contribution in [0.5, 0.6) is 5.75 Å². The maximum atomic E-state index is 10.7. The molecule has 0 spiro atoms. The molecule has 1 aromatic rings. The Morgan fingerprint density at radius 1 is 1.44 bits per heavy atom. The summed E-state index contributed by atoms with van der Waals surface area (Å²) in [5.74, 6) is -0.0764. The van der Waals surface area contributed by atoms with Gasteiger partial charge in [-0.25, -0.2) is 0 Å². The fourth-order valence-electron chi connectivity index (χ4n) is 1.35. The number of rotatable bonds is 5. The smallest absolute Gasteiger partial charge is 0.302 e. The molecule has 98 valence electrons. The van der Waals surface area contributed by atoms with E-state index in [0.717, 1.165) is 0 Å². The number of aromatic hydroxyl groups is 1. The lowest BCUT2D eigenvalue weighted by atomic mass is 10.0. The molecule has 0 saturated heterocycles. The SMILES string of the molecule is CC(=O)OCCC(C)(C)N=Cc1ccccc1O. The summed E-state index contributed by atoms with van der Waals surface area (Å²) in [6.07, 6.45) is 2.28. The first-order valence-electron chi connectivity index (χ1n) is 5.87. The second-order valence-electron chi connectivity index (χ2n) is 4.72. The number of hydrogen-bond donors (Lipinski definition) is 1. The first-order chi connectivity index (χ1) is 8.41. The Bertz CT molecular complexity index is 438. The van der Waals surface area contributed by atoms with Gasteiger partial charge in [0.05, 0.1) is 12.1 Å². The van der Waals surface area contributed by atoms with Crippen LogP contribution in [0.25, 0.3) is 0 Å². The molecule has 0 amide bonds. The standard InChI is InChI=1S/C14H19NO3/c1-11(16)18-9-8-14(2,3)15-10-12-6-4-5-7-13(12)17/h4-7,10,17H,8-9H2,1-3H3. The van der Waals surface area contributed by atoms with Crippen molar-refractivity contribution in [3.63, 3.8) is 0 Å². The van der Waals surface area contributed by atoms with Crippen molar-refractivity contribution in [1.29, 1.82) is 0 Å². The highest BCUT2D eigenvalue weighted by atomic mass is 16.5. The summed E-state index contributed by atoms with van der Waals surface area (Å²) >= 11 is 0. The molecular weight excluding hydrogens is 230 g/mol. The number of phenols is 1. The molecule has 1 N–H and O–H groups in total. The summed E-state index contributed by atoms with van der Waals surface area (Å²) in [5, 5.41) is 9.60. The maximum Gasteiger partial charge on any atom is 0.302 e. The maximum absolute atomic E-state index is 10.7. The number of nitrogens with zero attached hydrogens (tertiary/aromatic N) is 1. The molecule has 4 heteroatoms. The Labute approximate surface area is 107 Å². The van der Waals surface area contributed by atoms with Gasteiger partial charge in [-0.3, -0.25) is 9.79 Å². The van der Waals surface area contributed by atoms with Gasteiger partial charge in [-0.05, 0) is 26.0 Å². The fraction of sp³-hybridized carbons (Fsp3) is 0.429. The molecule has 0 fully saturated rings. The first-order valence-corrected chi connectivity index (χ1v) is 5.87. The zero-order valence-electron chi connectivity index (χ0n) is 11.0. The molecule has 0 unspecified atom stereocenters. The number of phenolic OH excluding ortho intramolecular Hbond substituents is 1. The second kappa shape index (κ2) is 6.19. The molecule has 0 heterocycles. The van der Waals surface area contributed by atoms with Crippen LogP contribution >= 0.6 is 0 Å². The lowest BCUT2D eigenvalue weighted by molar-refractivity contribution is -0.141. The third-order valence-corrected chi connectivity index (χ3v) is 2.51. The van der Waals surface area contributed by atoms with Crippen LogP contribution in [0.1, 0.15) is 32.8 Å². The first kappa shape index (κ1) is 14.2. The van der Waals surface area contributed by atoms with Gasteiger partial charge in [0.1, 0.15) is 5.75 Å². The van der Waals surface area contributed by atoms with Crippen molar-refractivity contribution >= 4 is 12.2 Å². The molecular formula is C14H19NO3. The van der Waals surface area contributed by atoms with E-state index in [1.807, 2.05) is 19.9 Å². The number of carbonyl (C=O) groups is 1. The van der Waals surface area contributed by atoms with Crippen LogP contribution in [0, 0.1) is 0 Å². The monoisotopic (exact) mass is 249 g/mol. The lowest BCUT2D eigenvalue weighted by Gasteiger charge is -2.19. The molecule has 0 saturated carbocycles. The van der Waals surface area contributed by atoms with Gasteiger partial charge in [0.15, 0.2) is 0 Å². The van der Waals surface area contributed by atoms with Crippen molar-refractivity contribution in [2.45, 2.75) is 32.7 Å². The molecule has 0 aliphatic carbocycles. The number of carbonyl (C=O) groups excluding carboxylic acids is 1. The number of benzene rings is 1. The molecule has 0 atom stereocenters. The molecule has 0 aliphatic rings. The highest BCUT2D eigenvalue weighted by Crippen LogP contribution is 2.17. The van der Waals surface area contributed by atoms with E-state index >= 15 is 0 Å². The van der Waals surface area contributed by atoms with E-state index in [4.69, 9.17) is 4.74 Å². The summed E-state index contributed by atoms with van der Waals surface area (Å²) in [7, 11) is 0. The summed E-state index contributed by atoms with van der Waals surface area (Å²) in [6.45, 7) is 5.64. The average molecular weight is 249 g/mol. The fourth-order valence-corrected chi connectivity index (χ4v) is 1.35. The van der Waals surface area contributed by atoms with E-state index in [0.29, 0.717) is 18.6 Å². The van der Waals surface area contributed by atoms with Gasteiger partial charge in [0.25, 0.3) is 0 Å². The third kappa shape index (κ3) is 4.99. The van der Waals surface area contributed by atoms with Crippen LogP contribution in [0.4, 0.5) is 0 Å². The third-order valence-electron chi connectivity index (χ3n) is 2.51. The summed E-state index contributed by atoms with van der Waals surface area (Å²) in [6, 6.07) is 7.01. The quantitative estimate of drug-likeness (QED) is 0.644. The van der Waals surface area contributed by atoms with Crippen molar-refractivity contribution < 1.29 is 14.6 Å². The van der Waals surface area contributed by atoms with Crippen LogP contribution in [-0.4, -0.2) is 29.4 Å². The average Bonchev–Trinajstić information content (AvgIpc) is 2.27. The Morgan fingerprint density at radius 2 is 2.11 bits per heavy atom. The minimum Gasteiger partial charge on any atom is -0.507 e. The number of aliphatic imine (C=N–C) groups is 1. The minimum atomic E-state index is -0.336. The van der Waals surface area contributed by atoms with E-state index in [-0.39, 0.29) is 17.3 Å². The molecule has 0 aromatic heterocycles. The summed E-state index contributed by atoms with van der Waals surface area (Å²) < 4.78 is 4.89. The molecule has 0 radical (unpaired) electrons. The molecule has 4 nitrogen and oxygen atoms in total. The van der Waals surface area contributed by atoms with Crippen molar-refractivity contribution in [3.8, 4) is 5.75 Å². The van der Waals surface area contributed by atoms with E-state index in [9.17, 15) is 9.90 Å². The Balaban J connectivity index is 2.59. The highest BCUT2D eigenvalue weighted by molar-refractivity contribution is 5.83. The van der Waals surface area contributed by atoms with Crippen LogP contribution in [0.2, 0.25) is 0 Å². The molecule has 0 aliphatic heterocycles. The van der Waals surface area contributed by atoms with Gasteiger partial charge >= 0.3 is 5.97 Å². The van der Waals surface area contributed by atoms with Gasteiger partial charge in [0.2, 0.25) is 0 Å². The Morgan fingerprint density at radius 3 is 2.72 bits per heavy atom. The predicted molar refractivity (Wildman–Crippen MR) is 71.0 cm³/mol. The lowest BCUT2D eigenvalue weighted by Crippen LogP contribution is -2.20. The van der Waals surface area contributed by atoms with Crippen LogP contribution in [0.3, 0.4) is 0 Å². The number of ether oxygens (including phenoxy) is 1. The number of esters is 1. The summed E-state index contributed by atoms with van der Waals surface area (Å²) in [4.78, 5) is 15.1. The van der Waals surface area contributed by atoms with Crippen molar-refractivity contribution in [2.24, 2.45) is 4.99 Å². The second-order valence-corrected chi connectivity index (χ2v) is 4.72. The van der Waals surface area contributed by atoms with Crippen LogP contribution < -0.4 is 0 Å². The number of hydrogen-bond acceptors (Lipinski definition) is 4. The topological polar surface area (TPSA) is 58.9 Å². The Hall–Kier alpha value is -1.84. The predicted octanol–water partition coefficient (Wildman–Crippen LogP) is 2.54. The minimum absolute atomic E-state index is 0.206. The van der Waals surface area contributed by atoms with Gasteiger partial charge in [-0.2, -0.15) is 0 Å². The van der Waals surface area contributed by atoms with E-state index in [1.54, 1.807) is 24.4 Å². The highest BCUT2D eigenvalue weighted by Gasteiger charge is 2.15. The number of para-hydroxylation sites is 1. The van der Waals surface area contributed by atoms with Gasteiger partial charge in [-0.15, -0.1) is 0 Å². The van der Waals surface area contributed by atoms with Crippen molar-refractivity contribution in [2.75, 3.05) is 6.61 Å². The Kier molecular flexibility index (Phi) is 4.89. The normalized spacial score (nSPS) is 11.7. The van der Waals surface area contributed by atoms with Gasteiger partial charge in [-0.1, -0.05) is 12.1 Å². The summed E-state index contributed by atoms with van der Waals surface area (Å²) in [5.41, 5.74) is 0.343. The van der Waals surface area contributed by atoms with E-state index in [1.165, 1.54) is 6.92 Å². The van der Waals surface area contributed by atoms with Crippen LogP contribution in [-0.2, 0) is 9.53 Å².